The number of fused-ring (bicyclic) bond motifs is 1. The van der Waals surface area contributed by atoms with Crippen LogP contribution < -0.4 is 0 Å². The predicted molar refractivity (Wildman–Crippen MR) is 111 cm³/mol. The van der Waals surface area contributed by atoms with Crippen molar-refractivity contribution < 1.29 is 8.78 Å². The van der Waals surface area contributed by atoms with Crippen LogP contribution in [0.5, 0.6) is 0 Å². The minimum Gasteiger partial charge on any atom is -0.243 e. The number of halogens is 2. The van der Waals surface area contributed by atoms with Crippen molar-refractivity contribution in [3.63, 3.8) is 0 Å². The van der Waals surface area contributed by atoms with E-state index in [-0.39, 0.29) is 0 Å². The molecule has 5 rings (SSSR count). The standard InChI is InChI=1S/C23H13F2N3S/c24-16-7-8-17(19(25)11-16)15-6-9-20-18(10-15)22(21-12-29-13-26-21)28-23(27-20)14-4-2-1-3-5-14/h1-13H. The summed E-state index contributed by atoms with van der Waals surface area (Å²) in [7, 11) is 0. The highest BCUT2D eigenvalue weighted by atomic mass is 32.1. The van der Waals surface area contributed by atoms with E-state index in [9.17, 15) is 8.78 Å². The van der Waals surface area contributed by atoms with Crippen LogP contribution in [0.1, 0.15) is 0 Å². The summed E-state index contributed by atoms with van der Waals surface area (Å²) >= 11 is 1.48. The molecule has 3 aromatic carbocycles. The third-order valence-corrected chi connectivity index (χ3v) is 5.23. The van der Waals surface area contributed by atoms with Gasteiger partial charge in [-0.3, -0.25) is 0 Å². The fraction of sp³-hybridized carbons (Fsp3) is 0. The summed E-state index contributed by atoms with van der Waals surface area (Å²) in [5, 5.41) is 2.68. The Kier molecular flexibility index (Phi) is 4.33. The molecule has 0 unspecified atom stereocenters. The molecule has 29 heavy (non-hydrogen) atoms. The van der Waals surface area contributed by atoms with Crippen LogP contribution in [0.4, 0.5) is 8.78 Å². The molecule has 0 saturated carbocycles. The molecule has 2 aromatic heterocycles. The van der Waals surface area contributed by atoms with Gasteiger partial charge in [-0.2, -0.15) is 0 Å². The maximum absolute atomic E-state index is 14.3. The van der Waals surface area contributed by atoms with Crippen molar-refractivity contribution in [1.82, 2.24) is 15.0 Å². The topological polar surface area (TPSA) is 38.7 Å². The number of aromatic nitrogens is 3. The van der Waals surface area contributed by atoms with Crippen molar-refractivity contribution in [2.24, 2.45) is 0 Å². The molecule has 0 aliphatic carbocycles. The maximum atomic E-state index is 14.3. The second-order valence-electron chi connectivity index (χ2n) is 6.49. The predicted octanol–water partition coefficient (Wildman–Crippen LogP) is 6.37. The lowest BCUT2D eigenvalue weighted by molar-refractivity contribution is 0.585. The van der Waals surface area contributed by atoms with Gasteiger partial charge in [-0.1, -0.05) is 36.4 Å². The molecule has 0 fully saturated rings. The van der Waals surface area contributed by atoms with Crippen LogP contribution in [-0.4, -0.2) is 15.0 Å². The molecule has 140 valence electrons. The highest BCUT2D eigenvalue weighted by Gasteiger charge is 2.15. The summed E-state index contributed by atoms with van der Waals surface area (Å²) in [6.07, 6.45) is 0. The van der Waals surface area contributed by atoms with Gasteiger partial charge < -0.3 is 0 Å². The van der Waals surface area contributed by atoms with Crippen LogP contribution in [-0.2, 0) is 0 Å². The number of thiazole rings is 1. The van der Waals surface area contributed by atoms with Gasteiger partial charge in [0.05, 0.1) is 11.0 Å². The molecule has 0 atom stereocenters. The van der Waals surface area contributed by atoms with E-state index in [2.05, 4.69) is 4.98 Å². The van der Waals surface area contributed by atoms with Crippen LogP contribution >= 0.6 is 11.3 Å². The number of hydrogen-bond acceptors (Lipinski definition) is 4. The molecule has 2 heterocycles. The van der Waals surface area contributed by atoms with Gasteiger partial charge in [0.25, 0.3) is 0 Å². The summed E-state index contributed by atoms with van der Waals surface area (Å²) in [5.74, 6) is -0.616. The van der Waals surface area contributed by atoms with Crippen molar-refractivity contribution in [2.75, 3.05) is 0 Å². The van der Waals surface area contributed by atoms with Gasteiger partial charge >= 0.3 is 0 Å². The summed E-state index contributed by atoms with van der Waals surface area (Å²) in [6, 6.07) is 18.7. The Labute approximate surface area is 169 Å². The normalized spacial score (nSPS) is 11.1. The van der Waals surface area contributed by atoms with Crippen molar-refractivity contribution in [1.29, 1.82) is 0 Å². The van der Waals surface area contributed by atoms with Crippen molar-refractivity contribution in [3.8, 4) is 33.9 Å². The van der Waals surface area contributed by atoms with Gasteiger partial charge in [-0.15, -0.1) is 11.3 Å². The lowest BCUT2D eigenvalue weighted by atomic mass is 10.0. The molecule has 0 N–H and O–H groups in total. The molecule has 0 aliphatic rings. The summed E-state index contributed by atoms with van der Waals surface area (Å²) < 4.78 is 27.6. The second kappa shape index (κ2) is 7.14. The minimum atomic E-state index is -0.610. The van der Waals surface area contributed by atoms with E-state index in [1.54, 1.807) is 11.6 Å². The highest BCUT2D eigenvalue weighted by Crippen LogP contribution is 2.33. The van der Waals surface area contributed by atoms with Crippen LogP contribution in [0.25, 0.3) is 44.8 Å². The molecule has 0 amide bonds. The lowest BCUT2D eigenvalue weighted by Crippen LogP contribution is -1.96. The zero-order valence-corrected chi connectivity index (χ0v) is 15.8. The van der Waals surface area contributed by atoms with E-state index in [1.807, 2.05) is 47.8 Å². The summed E-state index contributed by atoms with van der Waals surface area (Å²) in [4.78, 5) is 13.9. The van der Waals surface area contributed by atoms with E-state index >= 15 is 0 Å². The Hall–Kier alpha value is -3.51. The highest BCUT2D eigenvalue weighted by molar-refractivity contribution is 7.07. The first-order valence-electron chi connectivity index (χ1n) is 8.90. The van der Waals surface area contributed by atoms with Crippen LogP contribution in [0, 0.1) is 11.6 Å². The number of nitrogens with zero attached hydrogens (tertiary/aromatic N) is 3. The van der Waals surface area contributed by atoms with Gasteiger partial charge in [0.2, 0.25) is 0 Å². The smallest absolute Gasteiger partial charge is 0.160 e. The third-order valence-electron chi connectivity index (χ3n) is 4.64. The average Bonchev–Trinajstić information content (AvgIpc) is 3.28. The molecule has 3 nitrogen and oxygen atoms in total. The fourth-order valence-electron chi connectivity index (χ4n) is 3.26. The van der Waals surface area contributed by atoms with Gasteiger partial charge in [0.15, 0.2) is 5.82 Å². The molecule has 0 aliphatic heterocycles. The largest absolute Gasteiger partial charge is 0.243 e. The molecular weight excluding hydrogens is 388 g/mol. The lowest BCUT2D eigenvalue weighted by Gasteiger charge is -2.10. The van der Waals surface area contributed by atoms with Crippen molar-refractivity contribution >= 4 is 22.2 Å². The molecule has 5 aromatic rings. The quantitative estimate of drug-likeness (QED) is 0.353. The molecule has 0 radical (unpaired) electrons. The van der Waals surface area contributed by atoms with Gasteiger partial charge in [-0.05, 0) is 29.8 Å². The maximum Gasteiger partial charge on any atom is 0.160 e. The Morgan fingerprint density at radius 3 is 2.41 bits per heavy atom. The van der Waals surface area contributed by atoms with Crippen molar-refractivity contribution in [3.05, 3.63) is 89.3 Å². The van der Waals surface area contributed by atoms with Gasteiger partial charge in [-0.25, -0.2) is 23.7 Å². The van der Waals surface area contributed by atoms with Crippen LogP contribution in [0.2, 0.25) is 0 Å². The molecule has 6 heteroatoms. The van der Waals surface area contributed by atoms with E-state index in [0.29, 0.717) is 22.6 Å². The van der Waals surface area contributed by atoms with Crippen molar-refractivity contribution in [2.45, 2.75) is 0 Å². The minimum absolute atomic E-state index is 0.324. The molecule has 0 saturated heterocycles. The Morgan fingerprint density at radius 1 is 0.793 bits per heavy atom. The second-order valence-corrected chi connectivity index (χ2v) is 7.21. The van der Waals surface area contributed by atoms with E-state index < -0.39 is 11.6 Å². The molecule has 0 bridgehead atoms. The summed E-state index contributed by atoms with van der Waals surface area (Å²) in [6.45, 7) is 0. The zero-order chi connectivity index (χ0) is 19.8. The monoisotopic (exact) mass is 401 g/mol. The Morgan fingerprint density at radius 2 is 1.66 bits per heavy atom. The number of rotatable bonds is 3. The van der Waals surface area contributed by atoms with Gasteiger partial charge in [0, 0.05) is 28.0 Å². The van der Waals surface area contributed by atoms with Gasteiger partial charge in [0.1, 0.15) is 23.0 Å². The Balaban J connectivity index is 1.76. The van der Waals surface area contributed by atoms with Crippen LogP contribution in [0.15, 0.2) is 77.6 Å². The SMILES string of the molecule is Fc1ccc(-c2ccc3nc(-c4ccccc4)nc(-c4cscn4)c3c2)c(F)c1. The average molecular weight is 401 g/mol. The van der Waals surface area contributed by atoms with E-state index in [1.165, 1.54) is 23.5 Å². The molecule has 0 spiro atoms. The van der Waals surface area contributed by atoms with Crippen LogP contribution in [0.3, 0.4) is 0 Å². The first-order chi connectivity index (χ1) is 14.2. The molecular formula is C23H13F2N3S. The Bertz CT molecular complexity index is 1320. The summed E-state index contributed by atoms with van der Waals surface area (Å²) in [5.41, 5.74) is 5.74. The fourth-order valence-corrected chi connectivity index (χ4v) is 3.80. The number of benzene rings is 3. The zero-order valence-electron chi connectivity index (χ0n) is 15.0. The van der Waals surface area contributed by atoms with E-state index in [4.69, 9.17) is 9.97 Å². The third kappa shape index (κ3) is 3.28. The number of hydrogen-bond donors (Lipinski definition) is 0. The first kappa shape index (κ1) is 17.6. The first-order valence-corrected chi connectivity index (χ1v) is 9.84. The van der Waals surface area contributed by atoms with E-state index in [0.717, 1.165) is 28.2 Å².